The molecular formula is C13H17N3O. The number of aromatic nitrogens is 2. The van der Waals surface area contributed by atoms with Crippen molar-refractivity contribution in [2.75, 3.05) is 6.54 Å². The molecule has 0 aliphatic rings. The smallest absolute Gasteiger partial charge is 0.163 e. The molecule has 0 saturated heterocycles. The van der Waals surface area contributed by atoms with E-state index in [1.807, 2.05) is 36.7 Å². The van der Waals surface area contributed by atoms with Crippen LogP contribution in [0.15, 0.2) is 18.2 Å². The van der Waals surface area contributed by atoms with Crippen molar-refractivity contribution in [3.8, 4) is 0 Å². The first kappa shape index (κ1) is 11.8. The lowest BCUT2D eigenvalue weighted by molar-refractivity contribution is 0.0981. The number of carbonyl (C=O) groups excluding carboxylic acids is 1. The summed E-state index contributed by atoms with van der Waals surface area (Å²) in [6, 6.07) is 5.68. The van der Waals surface area contributed by atoms with Crippen LogP contribution in [-0.4, -0.2) is 21.9 Å². The van der Waals surface area contributed by atoms with Gasteiger partial charge in [0.05, 0.1) is 11.0 Å². The van der Waals surface area contributed by atoms with Gasteiger partial charge in [-0.1, -0.05) is 0 Å². The Balaban J connectivity index is 2.35. The molecule has 0 atom stereocenters. The number of rotatable bonds is 4. The Morgan fingerprint density at radius 2 is 2.24 bits per heavy atom. The summed E-state index contributed by atoms with van der Waals surface area (Å²) in [5, 5.41) is 0. The monoisotopic (exact) mass is 231 g/mol. The highest BCUT2D eigenvalue weighted by Gasteiger charge is 2.09. The van der Waals surface area contributed by atoms with Crippen LogP contribution in [0.5, 0.6) is 0 Å². The van der Waals surface area contributed by atoms with Gasteiger partial charge in [-0.15, -0.1) is 0 Å². The minimum absolute atomic E-state index is 0.139. The molecule has 0 spiro atoms. The maximum absolute atomic E-state index is 11.8. The average molecular weight is 231 g/mol. The Kier molecular flexibility index (Phi) is 3.24. The molecule has 0 aliphatic carbocycles. The number of fused-ring (bicyclic) bond motifs is 1. The second-order valence-electron chi connectivity index (χ2n) is 4.24. The van der Waals surface area contributed by atoms with Crippen molar-refractivity contribution in [1.82, 2.24) is 9.55 Å². The van der Waals surface area contributed by atoms with E-state index in [-0.39, 0.29) is 5.78 Å². The molecule has 0 fully saturated rings. The molecule has 4 heteroatoms. The van der Waals surface area contributed by atoms with Crippen LogP contribution in [-0.2, 0) is 7.05 Å². The molecule has 2 aromatic rings. The number of aryl methyl sites for hydroxylation is 2. The van der Waals surface area contributed by atoms with E-state index in [9.17, 15) is 4.79 Å². The molecule has 0 saturated carbocycles. The van der Waals surface area contributed by atoms with Crippen LogP contribution in [0.1, 0.15) is 29.0 Å². The number of nitrogens with zero attached hydrogens (tertiary/aromatic N) is 2. The van der Waals surface area contributed by atoms with Gasteiger partial charge in [0.2, 0.25) is 0 Å². The van der Waals surface area contributed by atoms with Gasteiger partial charge in [-0.2, -0.15) is 0 Å². The molecule has 4 nitrogen and oxygen atoms in total. The summed E-state index contributed by atoms with van der Waals surface area (Å²) in [6.07, 6.45) is 1.24. The van der Waals surface area contributed by atoms with Gasteiger partial charge in [0.25, 0.3) is 0 Å². The summed E-state index contributed by atoms with van der Waals surface area (Å²) in [7, 11) is 1.97. The Labute approximate surface area is 100 Å². The van der Waals surface area contributed by atoms with Gasteiger partial charge in [0.15, 0.2) is 5.78 Å². The van der Waals surface area contributed by atoms with Crippen molar-refractivity contribution >= 4 is 16.8 Å². The van der Waals surface area contributed by atoms with Crippen LogP contribution >= 0.6 is 0 Å². The lowest BCUT2D eigenvalue weighted by atomic mass is 10.1. The number of carbonyl (C=O) groups is 1. The number of hydrogen-bond acceptors (Lipinski definition) is 3. The fraction of sp³-hybridized carbons (Fsp3) is 0.385. The topological polar surface area (TPSA) is 60.9 Å². The summed E-state index contributed by atoms with van der Waals surface area (Å²) < 4.78 is 2.02. The molecule has 90 valence electrons. The first-order valence-electron chi connectivity index (χ1n) is 5.80. The number of imidazole rings is 1. The standard InChI is InChI=1S/C13H17N3O/c1-9-15-11-8-10(13(17)4-3-7-14)5-6-12(11)16(9)2/h5-6,8H,3-4,7,14H2,1-2H3. The Hall–Kier alpha value is -1.68. The van der Waals surface area contributed by atoms with Crippen molar-refractivity contribution in [3.63, 3.8) is 0 Å². The molecule has 1 aromatic carbocycles. The van der Waals surface area contributed by atoms with Gasteiger partial charge in [0.1, 0.15) is 5.82 Å². The molecule has 0 aliphatic heterocycles. The zero-order valence-corrected chi connectivity index (χ0v) is 10.2. The number of nitrogens with two attached hydrogens (primary N) is 1. The predicted molar refractivity (Wildman–Crippen MR) is 68.1 cm³/mol. The second kappa shape index (κ2) is 4.67. The quantitative estimate of drug-likeness (QED) is 0.816. The molecule has 0 amide bonds. The minimum atomic E-state index is 0.139. The van der Waals surface area contributed by atoms with Gasteiger partial charge in [-0.3, -0.25) is 4.79 Å². The lowest BCUT2D eigenvalue weighted by Gasteiger charge is -2.01. The number of hydrogen-bond donors (Lipinski definition) is 1. The summed E-state index contributed by atoms with van der Waals surface area (Å²) in [4.78, 5) is 16.3. The molecule has 1 heterocycles. The van der Waals surface area contributed by atoms with Crippen LogP contribution in [0.2, 0.25) is 0 Å². The zero-order valence-electron chi connectivity index (χ0n) is 10.2. The molecule has 2 N–H and O–H groups in total. The number of benzene rings is 1. The van der Waals surface area contributed by atoms with Gasteiger partial charge in [-0.25, -0.2) is 4.98 Å². The van der Waals surface area contributed by atoms with Crippen LogP contribution in [0.3, 0.4) is 0 Å². The first-order chi connectivity index (χ1) is 8.13. The molecular weight excluding hydrogens is 214 g/mol. The third kappa shape index (κ3) is 2.22. The highest BCUT2D eigenvalue weighted by molar-refractivity contribution is 5.98. The summed E-state index contributed by atoms with van der Waals surface area (Å²) in [5.41, 5.74) is 8.06. The summed E-state index contributed by atoms with van der Waals surface area (Å²) in [6.45, 7) is 2.51. The van der Waals surface area contributed by atoms with Gasteiger partial charge >= 0.3 is 0 Å². The third-order valence-corrected chi connectivity index (χ3v) is 3.03. The number of ketones is 1. The van der Waals surface area contributed by atoms with Crippen LogP contribution < -0.4 is 5.73 Å². The van der Waals surface area contributed by atoms with Gasteiger partial charge in [0, 0.05) is 19.0 Å². The molecule has 0 unspecified atom stereocenters. The van der Waals surface area contributed by atoms with E-state index in [0.717, 1.165) is 28.8 Å². The highest BCUT2D eigenvalue weighted by atomic mass is 16.1. The zero-order chi connectivity index (χ0) is 12.4. The first-order valence-corrected chi connectivity index (χ1v) is 5.80. The summed E-state index contributed by atoms with van der Waals surface area (Å²) in [5.74, 6) is 1.09. The fourth-order valence-electron chi connectivity index (χ4n) is 1.90. The summed E-state index contributed by atoms with van der Waals surface area (Å²) >= 11 is 0. The average Bonchev–Trinajstić information content (AvgIpc) is 2.61. The van der Waals surface area contributed by atoms with E-state index in [1.165, 1.54) is 0 Å². The molecule has 0 bridgehead atoms. The number of Topliss-reactive ketones (excluding diaryl/α,β-unsaturated/α-hetero) is 1. The van der Waals surface area contributed by atoms with Crippen molar-refractivity contribution in [2.45, 2.75) is 19.8 Å². The molecule has 1 aromatic heterocycles. The highest BCUT2D eigenvalue weighted by Crippen LogP contribution is 2.17. The second-order valence-corrected chi connectivity index (χ2v) is 4.24. The minimum Gasteiger partial charge on any atom is -0.331 e. The maximum atomic E-state index is 11.8. The van der Waals surface area contributed by atoms with Crippen molar-refractivity contribution in [3.05, 3.63) is 29.6 Å². The Morgan fingerprint density at radius 3 is 2.94 bits per heavy atom. The lowest BCUT2D eigenvalue weighted by Crippen LogP contribution is -2.04. The normalized spacial score (nSPS) is 11.0. The van der Waals surface area contributed by atoms with E-state index in [2.05, 4.69) is 4.98 Å². The van der Waals surface area contributed by atoms with E-state index in [0.29, 0.717) is 13.0 Å². The van der Waals surface area contributed by atoms with Gasteiger partial charge in [-0.05, 0) is 38.1 Å². The van der Waals surface area contributed by atoms with Crippen molar-refractivity contribution in [1.29, 1.82) is 0 Å². The third-order valence-electron chi connectivity index (χ3n) is 3.03. The van der Waals surface area contributed by atoms with Gasteiger partial charge < -0.3 is 10.3 Å². The SMILES string of the molecule is Cc1nc2cc(C(=O)CCCN)ccc2n1C. The largest absolute Gasteiger partial charge is 0.331 e. The fourth-order valence-corrected chi connectivity index (χ4v) is 1.90. The van der Waals surface area contributed by atoms with Crippen LogP contribution in [0.4, 0.5) is 0 Å². The molecule has 2 rings (SSSR count). The van der Waals surface area contributed by atoms with E-state index >= 15 is 0 Å². The Bertz CT molecular complexity index is 557. The van der Waals surface area contributed by atoms with E-state index < -0.39 is 0 Å². The Morgan fingerprint density at radius 1 is 1.47 bits per heavy atom. The van der Waals surface area contributed by atoms with Crippen LogP contribution in [0.25, 0.3) is 11.0 Å². The predicted octanol–water partition coefficient (Wildman–Crippen LogP) is 1.80. The van der Waals surface area contributed by atoms with E-state index in [4.69, 9.17) is 5.73 Å². The molecule has 0 radical (unpaired) electrons. The molecule has 17 heavy (non-hydrogen) atoms. The van der Waals surface area contributed by atoms with Crippen molar-refractivity contribution in [2.24, 2.45) is 12.8 Å². The van der Waals surface area contributed by atoms with E-state index in [1.54, 1.807) is 0 Å². The van der Waals surface area contributed by atoms with Crippen LogP contribution in [0, 0.1) is 6.92 Å². The maximum Gasteiger partial charge on any atom is 0.163 e. The van der Waals surface area contributed by atoms with Crippen molar-refractivity contribution < 1.29 is 4.79 Å².